The summed E-state index contributed by atoms with van der Waals surface area (Å²) in [4.78, 5) is 4.50. The molecule has 0 bridgehead atoms. The molecule has 114 valence electrons. The Morgan fingerprint density at radius 1 is 1.29 bits per heavy atom. The number of hydrogen-bond donors (Lipinski definition) is 1. The highest BCUT2D eigenvalue weighted by Crippen LogP contribution is 2.28. The molecule has 0 atom stereocenters. The van der Waals surface area contributed by atoms with Crippen molar-refractivity contribution < 1.29 is 4.74 Å². The van der Waals surface area contributed by atoms with Crippen molar-refractivity contribution in [2.24, 2.45) is 0 Å². The van der Waals surface area contributed by atoms with Crippen LogP contribution in [0.15, 0.2) is 6.20 Å². The first-order valence-corrected chi connectivity index (χ1v) is 6.94. The van der Waals surface area contributed by atoms with E-state index in [4.69, 9.17) is 10.5 Å². The number of rotatable bonds is 3. The standard InChI is InChI=1S/C15H23N5O/c1-9-7-17-11(10(2)12(9)21-6)8-20-13(15(3,4)5)14(16)18-19-20/h7H,8,16H2,1-6H3. The highest BCUT2D eigenvalue weighted by Gasteiger charge is 2.24. The van der Waals surface area contributed by atoms with Crippen LogP contribution in [0.25, 0.3) is 0 Å². The zero-order valence-corrected chi connectivity index (χ0v) is 13.6. The van der Waals surface area contributed by atoms with Crippen molar-refractivity contribution in [1.82, 2.24) is 20.0 Å². The molecule has 21 heavy (non-hydrogen) atoms. The average Bonchev–Trinajstić information content (AvgIpc) is 2.74. The van der Waals surface area contributed by atoms with Crippen LogP contribution in [0.1, 0.15) is 43.3 Å². The Balaban J connectivity index is 2.45. The largest absolute Gasteiger partial charge is 0.496 e. The number of aromatic nitrogens is 4. The Labute approximate surface area is 125 Å². The molecule has 2 aromatic rings. The molecule has 0 aliphatic heterocycles. The number of nitrogens with zero attached hydrogens (tertiary/aromatic N) is 4. The van der Waals surface area contributed by atoms with Gasteiger partial charge in [0.05, 0.1) is 25.0 Å². The van der Waals surface area contributed by atoms with E-state index in [1.165, 1.54) is 0 Å². The van der Waals surface area contributed by atoms with Gasteiger partial charge in [0.2, 0.25) is 0 Å². The zero-order valence-electron chi connectivity index (χ0n) is 13.6. The summed E-state index contributed by atoms with van der Waals surface area (Å²) in [5, 5.41) is 8.16. The molecule has 0 aliphatic carbocycles. The fraction of sp³-hybridized carbons (Fsp3) is 0.533. The molecule has 0 saturated heterocycles. The maximum atomic E-state index is 5.96. The maximum absolute atomic E-state index is 5.96. The van der Waals surface area contributed by atoms with Crippen molar-refractivity contribution >= 4 is 5.82 Å². The predicted octanol–water partition coefficient (Wildman–Crippen LogP) is 2.23. The van der Waals surface area contributed by atoms with E-state index in [1.807, 2.05) is 24.7 Å². The second-order valence-corrected chi connectivity index (χ2v) is 6.28. The minimum absolute atomic E-state index is 0.129. The van der Waals surface area contributed by atoms with Crippen LogP contribution in [-0.2, 0) is 12.0 Å². The highest BCUT2D eigenvalue weighted by atomic mass is 16.5. The van der Waals surface area contributed by atoms with Crippen LogP contribution in [-0.4, -0.2) is 27.1 Å². The number of ether oxygens (including phenoxy) is 1. The number of hydrogen-bond acceptors (Lipinski definition) is 5. The fourth-order valence-corrected chi connectivity index (χ4v) is 2.58. The van der Waals surface area contributed by atoms with E-state index in [0.717, 1.165) is 28.3 Å². The lowest BCUT2D eigenvalue weighted by atomic mass is 9.92. The SMILES string of the molecule is COc1c(C)cnc(Cn2nnc(N)c2C(C)(C)C)c1C. The number of nitrogen functional groups attached to an aromatic ring is 1. The van der Waals surface area contributed by atoms with Crippen molar-refractivity contribution in [3.63, 3.8) is 0 Å². The lowest BCUT2D eigenvalue weighted by molar-refractivity contribution is 0.406. The molecule has 0 spiro atoms. The van der Waals surface area contributed by atoms with E-state index in [2.05, 4.69) is 36.1 Å². The molecule has 6 heteroatoms. The summed E-state index contributed by atoms with van der Waals surface area (Å²) in [6.45, 7) is 10.8. The number of anilines is 1. The van der Waals surface area contributed by atoms with Crippen LogP contribution in [0.4, 0.5) is 5.82 Å². The van der Waals surface area contributed by atoms with Gasteiger partial charge in [-0.1, -0.05) is 26.0 Å². The molecule has 2 heterocycles. The summed E-state index contributed by atoms with van der Waals surface area (Å²) < 4.78 is 7.27. The molecule has 0 saturated carbocycles. The van der Waals surface area contributed by atoms with Crippen molar-refractivity contribution in [2.75, 3.05) is 12.8 Å². The van der Waals surface area contributed by atoms with Gasteiger partial charge in [0, 0.05) is 22.7 Å². The quantitative estimate of drug-likeness (QED) is 0.937. The number of methoxy groups -OCH3 is 1. The van der Waals surface area contributed by atoms with Crippen LogP contribution in [0.2, 0.25) is 0 Å². The van der Waals surface area contributed by atoms with Gasteiger partial charge in [-0.2, -0.15) is 0 Å². The number of pyridine rings is 1. The molecule has 0 aromatic carbocycles. The molecule has 2 N–H and O–H groups in total. The predicted molar refractivity (Wildman–Crippen MR) is 82.5 cm³/mol. The van der Waals surface area contributed by atoms with E-state index < -0.39 is 0 Å². The minimum Gasteiger partial charge on any atom is -0.496 e. The second-order valence-electron chi connectivity index (χ2n) is 6.28. The molecule has 0 amide bonds. The smallest absolute Gasteiger partial charge is 0.169 e. The third-order valence-electron chi connectivity index (χ3n) is 3.52. The average molecular weight is 289 g/mol. The van der Waals surface area contributed by atoms with Gasteiger partial charge in [-0.05, 0) is 13.8 Å². The van der Waals surface area contributed by atoms with Gasteiger partial charge < -0.3 is 10.5 Å². The highest BCUT2D eigenvalue weighted by molar-refractivity contribution is 5.42. The molecule has 6 nitrogen and oxygen atoms in total. The van der Waals surface area contributed by atoms with Crippen molar-refractivity contribution in [3.8, 4) is 5.75 Å². The van der Waals surface area contributed by atoms with Crippen molar-refractivity contribution in [1.29, 1.82) is 0 Å². The van der Waals surface area contributed by atoms with E-state index in [9.17, 15) is 0 Å². The second kappa shape index (κ2) is 5.35. The van der Waals surface area contributed by atoms with Gasteiger partial charge >= 0.3 is 0 Å². The van der Waals surface area contributed by atoms with Crippen molar-refractivity contribution in [2.45, 2.75) is 46.6 Å². The van der Waals surface area contributed by atoms with Crippen LogP contribution < -0.4 is 10.5 Å². The summed E-state index contributed by atoms with van der Waals surface area (Å²) >= 11 is 0. The number of aryl methyl sites for hydroxylation is 1. The van der Waals surface area contributed by atoms with Crippen molar-refractivity contribution in [3.05, 3.63) is 28.7 Å². The zero-order chi connectivity index (χ0) is 15.8. The van der Waals surface area contributed by atoms with Gasteiger partial charge in [0.15, 0.2) is 5.82 Å². The van der Waals surface area contributed by atoms with Gasteiger partial charge in [0.25, 0.3) is 0 Å². The van der Waals surface area contributed by atoms with E-state index in [0.29, 0.717) is 12.4 Å². The third-order valence-corrected chi connectivity index (χ3v) is 3.52. The Morgan fingerprint density at radius 2 is 1.95 bits per heavy atom. The van der Waals surface area contributed by atoms with E-state index >= 15 is 0 Å². The van der Waals surface area contributed by atoms with Crippen LogP contribution in [0, 0.1) is 13.8 Å². The van der Waals surface area contributed by atoms with Gasteiger partial charge in [-0.15, -0.1) is 5.10 Å². The molecule has 0 radical (unpaired) electrons. The Hall–Kier alpha value is -2.11. The molecule has 2 aromatic heterocycles. The lowest BCUT2D eigenvalue weighted by Crippen LogP contribution is -2.21. The van der Waals surface area contributed by atoms with E-state index in [1.54, 1.807) is 7.11 Å². The molecular formula is C15H23N5O. The van der Waals surface area contributed by atoms with Gasteiger partial charge in [0.1, 0.15) is 5.75 Å². The monoisotopic (exact) mass is 289 g/mol. The number of nitrogens with two attached hydrogens (primary N) is 1. The van der Waals surface area contributed by atoms with Crippen LogP contribution in [0.5, 0.6) is 5.75 Å². The van der Waals surface area contributed by atoms with Crippen LogP contribution in [0.3, 0.4) is 0 Å². The topological polar surface area (TPSA) is 78.8 Å². The van der Waals surface area contributed by atoms with Crippen LogP contribution >= 0.6 is 0 Å². The fourth-order valence-electron chi connectivity index (χ4n) is 2.58. The van der Waals surface area contributed by atoms with Gasteiger partial charge in [-0.25, -0.2) is 4.68 Å². The molecular weight excluding hydrogens is 266 g/mol. The minimum atomic E-state index is -0.129. The normalized spacial score (nSPS) is 11.7. The maximum Gasteiger partial charge on any atom is 0.169 e. The first kappa shape index (κ1) is 15.3. The molecule has 0 unspecified atom stereocenters. The Morgan fingerprint density at radius 3 is 2.52 bits per heavy atom. The Bertz CT molecular complexity index is 655. The van der Waals surface area contributed by atoms with Gasteiger partial charge in [-0.3, -0.25) is 4.98 Å². The first-order valence-electron chi connectivity index (χ1n) is 6.94. The molecule has 0 fully saturated rings. The Kier molecular flexibility index (Phi) is 3.89. The summed E-state index contributed by atoms with van der Waals surface area (Å²) in [5.41, 5.74) is 9.70. The summed E-state index contributed by atoms with van der Waals surface area (Å²) in [7, 11) is 1.67. The van der Waals surface area contributed by atoms with E-state index in [-0.39, 0.29) is 5.41 Å². The summed E-state index contributed by atoms with van der Waals surface area (Å²) in [6.07, 6.45) is 1.82. The summed E-state index contributed by atoms with van der Waals surface area (Å²) in [5.74, 6) is 1.34. The summed E-state index contributed by atoms with van der Waals surface area (Å²) in [6, 6.07) is 0. The molecule has 0 aliphatic rings. The molecule has 2 rings (SSSR count). The third kappa shape index (κ3) is 2.84. The lowest BCUT2D eigenvalue weighted by Gasteiger charge is -2.20. The first-order chi connectivity index (χ1) is 9.75.